The zero-order valence-electron chi connectivity index (χ0n) is 15.5. The number of benzene rings is 1. The maximum absolute atomic E-state index is 12.8. The fraction of sp³-hybridized carbons (Fsp3) is 0.611. The number of rotatable bonds is 5. The molecule has 2 aliphatic rings. The lowest BCUT2D eigenvalue weighted by atomic mass is 10.0. The summed E-state index contributed by atoms with van der Waals surface area (Å²) in [6.07, 6.45) is 2.33. The largest absolute Gasteiger partial charge is 0.379 e. The molecule has 27 heavy (non-hydrogen) atoms. The van der Waals surface area contributed by atoms with Gasteiger partial charge < -0.3 is 15.0 Å². The van der Waals surface area contributed by atoms with Gasteiger partial charge in [0.2, 0.25) is 10.0 Å². The maximum atomic E-state index is 12.8. The van der Waals surface area contributed by atoms with E-state index in [0.717, 1.165) is 19.5 Å². The van der Waals surface area contributed by atoms with Crippen molar-refractivity contribution in [3.05, 3.63) is 23.2 Å². The Labute approximate surface area is 165 Å². The van der Waals surface area contributed by atoms with Crippen LogP contribution in [0.4, 0.5) is 5.69 Å². The summed E-state index contributed by atoms with van der Waals surface area (Å²) >= 11 is 6.19. The summed E-state index contributed by atoms with van der Waals surface area (Å²) in [5.41, 5.74) is 0.334. The van der Waals surface area contributed by atoms with Gasteiger partial charge in [0.05, 0.1) is 41.9 Å². The van der Waals surface area contributed by atoms with Crippen molar-refractivity contribution in [1.29, 1.82) is 0 Å². The zero-order chi connectivity index (χ0) is 19.4. The number of hydrogen-bond donors (Lipinski definition) is 2. The molecule has 2 aliphatic heterocycles. The van der Waals surface area contributed by atoms with Crippen molar-refractivity contribution in [1.82, 2.24) is 4.31 Å². The summed E-state index contributed by atoms with van der Waals surface area (Å²) in [6, 6.07) is 4.43. The predicted octanol–water partition coefficient (Wildman–Crippen LogP) is 0.614. The topological polar surface area (TPSA) is 80.2 Å². The molecule has 0 aliphatic carbocycles. The fourth-order valence-corrected chi connectivity index (χ4v) is 5.28. The Balaban J connectivity index is 1.70. The van der Waals surface area contributed by atoms with Crippen LogP contribution >= 0.6 is 11.6 Å². The number of morpholine rings is 1. The molecular formula is C18H27ClN3O4S+. The molecule has 1 unspecified atom stereocenters. The summed E-state index contributed by atoms with van der Waals surface area (Å²) < 4.78 is 32.2. The molecule has 150 valence electrons. The van der Waals surface area contributed by atoms with Crippen molar-refractivity contribution in [2.24, 2.45) is 5.92 Å². The second-order valence-electron chi connectivity index (χ2n) is 7.33. The SMILES string of the molecule is C[C@H]1CCC[NH+](CC(=O)Nc2cc(S(=O)(=O)N3CCOCC3)ccc2Cl)C1. The molecule has 9 heteroatoms. The number of nitrogens with zero attached hydrogens (tertiary/aromatic N) is 1. The molecule has 1 aromatic carbocycles. The molecule has 0 spiro atoms. The Morgan fingerprint density at radius 2 is 2.11 bits per heavy atom. The molecular weight excluding hydrogens is 390 g/mol. The van der Waals surface area contributed by atoms with Gasteiger partial charge in [-0.25, -0.2) is 8.42 Å². The highest BCUT2D eigenvalue weighted by atomic mass is 35.5. The van der Waals surface area contributed by atoms with Gasteiger partial charge in [-0.2, -0.15) is 4.31 Å². The molecule has 0 saturated carbocycles. The van der Waals surface area contributed by atoms with Crippen molar-refractivity contribution in [2.45, 2.75) is 24.7 Å². The standard InChI is InChI=1S/C18H26ClN3O4S/c1-14-3-2-6-21(12-14)13-18(23)20-17-11-15(4-5-16(17)19)27(24,25)22-7-9-26-10-8-22/h4-5,11,14H,2-3,6-10,12-13H2,1H3,(H,20,23)/p+1/t14-/m0/s1. The number of likely N-dealkylation sites (tertiary alicyclic amines) is 1. The molecule has 2 saturated heterocycles. The van der Waals surface area contributed by atoms with Gasteiger partial charge in [-0.05, 0) is 31.0 Å². The number of carbonyl (C=O) groups is 1. The van der Waals surface area contributed by atoms with Crippen LogP contribution in [-0.4, -0.2) is 64.6 Å². The lowest BCUT2D eigenvalue weighted by molar-refractivity contribution is -0.900. The highest BCUT2D eigenvalue weighted by Crippen LogP contribution is 2.27. The van der Waals surface area contributed by atoms with E-state index in [1.807, 2.05) is 0 Å². The Morgan fingerprint density at radius 1 is 1.37 bits per heavy atom. The fourth-order valence-electron chi connectivity index (χ4n) is 3.68. The molecule has 2 heterocycles. The number of carbonyl (C=O) groups excluding carboxylic acids is 1. The van der Waals surface area contributed by atoms with Gasteiger partial charge in [-0.1, -0.05) is 18.5 Å². The van der Waals surface area contributed by atoms with Gasteiger partial charge in [0, 0.05) is 19.0 Å². The van der Waals surface area contributed by atoms with E-state index >= 15 is 0 Å². The average molecular weight is 417 g/mol. The molecule has 0 bridgehead atoms. The predicted molar refractivity (Wildman–Crippen MR) is 104 cm³/mol. The van der Waals surface area contributed by atoms with Crippen molar-refractivity contribution >= 4 is 33.2 Å². The van der Waals surface area contributed by atoms with Gasteiger partial charge in [0.1, 0.15) is 0 Å². The van der Waals surface area contributed by atoms with E-state index < -0.39 is 10.0 Å². The highest BCUT2D eigenvalue weighted by molar-refractivity contribution is 7.89. The third-order valence-electron chi connectivity index (χ3n) is 5.09. The zero-order valence-corrected chi connectivity index (χ0v) is 17.1. The van der Waals surface area contributed by atoms with E-state index in [1.165, 1.54) is 33.8 Å². The molecule has 2 fully saturated rings. The number of quaternary nitrogens is 1. The summed E-state index contributed by atoms with van der Waals surface area (Å²) in [5, 5.41) is 3.11. The number of amides is 1. The van der Waals surface area contributed by atoms with Gasteiger partial charge in [-0.15, -0.1) is 0 Å². The van der Waals surface area contributed by atoms with Crippen LogP contribution in [-0.2, 0) is 19.6 Å². The summed E-state index contributed by atoms with van der Waals surface area (Å²) in [6.45, 7) is 5.94. The van der Waals surface area contributed by atoms with Gasteiger partial charge in [-0.3, -0.25) is 4.79 Å². The van der Waals surface area contributed by atoms with Crippen LogP contribution in [0.3, 0.4) is 0 Å². The lowest BCUT2D eigenvalue weighted by Gasteiger charge is -2.27. The van der Waals surface area contributed by atoms with Gasteiger partial charge in [0.15, 0.2) is 6.54 Å². The molecule has 2 N–H and O–H groups in total. The van der Waals surface area contributed by atoms with E-state index in [4.69, 9.17) is 16.3 Å². The van der Waals surface area contributed by atoms with Gasteiger partial charge >= 0.3 is 0 Å². The summed E-state index contributed by atoms with van der Waals surface area (Å²) in [4.78, 5) is 13.8. The molecule has 1 amide bonds. The van der Waals surface area contributed by atoms with Crippen LogP contribution in [0, 0.1) is 5.92 Å². The number of sulfonamides is 1. The van der Waals surface area contributed by atoms with Crippen LogP contribution in [0.25, 0.3) is 0 Å². The number of nitrogens with one attached hydrogen (secondary N) is 2. The average Bonchev–Trinajstić information content (AvgIpc) is 2.64. The third-order valence-corrected chi connectivity index (χ3v) is 7.32. The molecule has 2 atom stereocenters. The van der Waals surface area contributed by atoms with Crippen LogP contribution in [0.15, 0.2) is 23.1 Å². The Kier molecular flexibility index (Phi) is 6.75. The number of hydrogen-bond acceptors (Lipinski definition) is 4. The van der Waals surface area contributed by atoms with Crippen molar-refractivity contribution in [2.75, 3.05) is 51.3 Å². The second kappa shape index (κ2) is 8.87. The van der Waals surface area contributed by atoms with E-state index in [2.05, 4.69) is 12.2 Å². The smallest absolute Gasteiger partial charge is 0.279 e. The van der Waals surface area contributed by atoms with Crippen molar-refractivity contribution < 1.29 is 22.8 Å². The van der Waals surface area contributed by atoms with Gasteiger partial charge in [0.25, 0.3) is 5.91 Å². The molecule has 0 radical (unpaired) electrons. The number of anilines is 1. The minimum Gasteiger partial charge on any atom is -0.379 e. The van der Waals surface area contributed by atoms with Crippen LogP contribution < -0.4 is 10.2 Å². The Bertz CT molecular complexity index is 781. The normalized spacial score (nSPS) is 24.5. The van der Waals surface area contributed by atoms with Crippen molar-refractivity contribution in [3.63, 3.8) is 0 Å². The third kappa shape index (κ3) is 5.20. The maximum Gasteiger partial charge on any atom is 0.279 e. The van der Waals surface area contributed by atoms with E-state index in [9.17, 15) is 13.2 Å². The van der Waals surface area contributed by atoms with E-state index in [0.29, 0.717) is 49.5 Å². The summed E-state index contributed by atoms with van der Waals surface area (Å²) in [5.74, 6) is 0.467. The minimum atomic E-state index is -3.63. The minimum absolute atomic E-state index is 0.128. The van der Waals surface area contributed by atoms with Crippen LogP contribution in [0.1, 0.15) is 19.8 Å². The second-order valence-corrected chi connectivity index (χ2v) is 9.68. The first-order chi connectivity index (χ1) is 12.9. The van der Waals surface area contributed by atoms with Crippen molar-refractivity contribution in [3.8, 4) is 0 Å². The first kappa shape index (κ1) is 20.5. The highest BCUT2D eigenvalue weighted by Gasteiger charge is 2.27. The quantitative estimate of drug-likeness (QED) is 0.737. The van der Waals surface area contributed by atoms with Crippen LogP contribution in [0.2, 0.25) is 5.02 Å². The van der Waals surface area contributed by atoms with E-state index in [-0.39, 0.29) is 10.8 Å². The van der Waals surface area contributed by atoms with E-state index in [1.54, 1.807) is 0 Å². The molecule has 3 rings (SSSR count). The summed E-state index contributed by atoms with van der Waals surface area (Å²) in [7, 11) is -3.63. The van der Waals surface area contributed by atoms with Crippen LogP contribution in [0.5, 0.6) is 0 Å². The Hall–Kier alpha value is -1.19. The molecule has 0 aromatic heterocycles. The molecule has 7 nitrogen and oxygen atoms in total. The molecule has 1 aromatic rings. The monoisotopic (exact) mass is 416 g/mol. The lowest BCUT2D eigenvalue weighted by Crippen LogP contribution is -3.14. The first-order valence-corrected chi connectivity index (χ1v) is 11.2. The first-order valence-electron chi connectivity index (χ1n) is 9.37. The Morgan fingerprint density at radius 3 is 2.81 bits per heavy atom. The number of halogens is 1. The number of piperidine rings is 1. The number of ether oxygens (including phenoxy) is 1.